The molecule has 0 saturated heterocycles. The molecule has 2 rings (SSSR count). The molecule has 0 aliphatic carbocycles. The highest BCUT2D eigenvalue weighted by Crippen LogP contribution is 2.18. The Hall–Kier alpha value is -1.88. The Morgan fingerprint density at radius 2 is 1.63 bits per heavy atom. The average Bonchev–Trinajstić information content (AvgIpc) is 2.43. The molecule has 0 amide bonds. The molecule has 0 bridgehead atoms. The van der Waals surface area contributed by atoms with Crippen LogP contribution in [-0.4, -0.2) is 26.5 Å². The Bertz CT molecular complexity index is 530. The van der Waals surface area contributed by atoms with Gasteiger partial charge < -0.3 is 5.73 Å². The molecule has 19 heavy (non-hydrogen) atoms. The van der Waals surface area contributed by atoms with Crippen molar-refractivity contribution in [3.05, 3.63) is 35.4 Å². The summed E-state index contributed by atoms with van der Waals surface area (Å²) < 4.78 is 0. The lowest BCUT2D eigenvalue weighted by molar-refractivity contribution is 0.586. The van der Waals surface area contributed by atoms with Crippen LogP contribution in [-0.2, 0) is 6.42 Å². The van der Waals surface area contributed by atoms with Gasteiger partial charge in [-0.25, -0.2) is 19.9 Å². The van der Waals surface area contributed by atoms with Crippen molar-refractivity contribution >= 4 is 0 Å². The first-order chi connectivity index (χ1) is 9.11. The normalized spacial score (nSPS) is 12.4. The first-order valence-corrected chi connectivity index (χ1v) is 6.43. The van der Waals surface area contributed by atoms with Crippen LogP contribution < -0.4 is 5.73 Å². The Morgan fingerprint density at radius 3 is 2.16 bits per heavy atom. The summed E-state index contributed by atoms with van der Waals surface area (Å²) >= 11 is 0. The van der Waals surface area contributed by atoms with Crippen LogP contribution in [0.4, 0.5) is 0 Å². The minimum atomic E-state index is 0.430. The molecule has 0 aromatic carbocycles. The SMILES string of the molecule is Cc1nc(-c2ncccn2)nc(C)c1CC(C)CN. The standard InChI is InChI=1S/C14H19N5/c1-9(8-15)7-12-10(2)18-14(19-11(12)3)13-16-5-4-6-17-13/h4-6,9H,7-8,15H2,1-3H3. The predicted octanol–water partition coefficient (Wildman–Crippen LogP) is 1.69. The highest BCUT2D eigenvalue weighted by atomic mass is 15.0. The second-order valence-corrected chi connectivity index (χ2v) is 4.81. The lowest BCUT2D eigenvalue weighted by Gasteiger charge is -2.13. The molecule has 0 spiro atoms. The van der Waals surface area contributed by atoms with Gasteiger partial charge in [0, 0.05) is 23.8 Å². The molecule has 2 heterocycles. The van der Waals surface area contributed by atoms with Crippen molar-refractivity contribution in [3.8, 4) is 11.6 Å². The smallest absolute Gasteiger partial charge is 0.198 e. The van der Waals surface area contributed by atoms with Crippen LogP contribution in [0.25, 0.3) is 11.6 Å². The van der Waals surface area contributed by atoms with Crippen molar-refractivity contribution in [2.75, 3.05) is 6.54 Å². The monoisotopic (exact) mass is 257 g/mol. The van der Waals surface area contributed by atoms with Crippen molar-refractivity contribution < 1.29 is 0 Å². The van der Waals surface area contributed by atoms with Gasteiger partial charge in [-0.1, -0.05) is 6.92 Å². The molecule has 5 heteroatoms. The van der Waals surface area contributed by atoms with Crippen LogP contribution in [0.15, 0.2) is 18.5 Å². The van der Waals surface area contributed by atoms with Crippen molar-refractivity contribution in [1.82, 2.24) is 19.9 Å². The Labute approximate surface area is 113 Å². The summed E-state index contributed by atoms with van der Waals surface area (Å²) in [4.78, 5) is 17.4. The highest BCUT2D eigenvalue weighted by molar-refractivity contribution is 5.44. The van der Waals surface area contributed by atoms with Gasteiger partial charge in [0.2, 0.25) is 0 Å². The van der Waals surface area contributed by atoms with Gasteiger partial charge in [-0.3, -0.25) is 0 Å². The third-order valence-corrected chi connectivity index (χ3v) is 3.14. The fraction of sp³-hybridized carbons (Fsp3) is 0.429. The number of aromatic nitrogens is 4. The van der Waals surface area contributed by atoms with Crippen LogP contribution in [0.5, 0.6) is 0 Å². The molecule has 5 nitrogen and oxygen atoms in total. The number of hydrogen-bond donors (Lipinski definition) is 1. The number of nitrogens with two attached hydrogens (primary N) is 1. The molecule has 2 N–H and O–H groups in total. The molecule has 0 aliphatic heterocycles. The van der Waals surface area contributed by atoms with E-state index in [0.29, 0.717) is 24.1 Å². The molecular weight excluding hydrogens is 238 g/mol. The summed E-state index contributed by atoms with van der Waals surface area (Å²) in [7, 11) is 0. The van der Waals surface area contributed by atoms with Crippen LogP contribution in [0, 0.1) is 19.8 Å². The van der Waals surface area contributed by atoms with Gasteiger partial charge in [-0.15, -0.1) is 0 Å². The topological polar surface area (TPSA) is 77.6 Å². The lowest BCUT2D eigenvalue weighted by Crippen LogP contribution is -2.15. The van der Waals surface area contributed by atoms with E-state index < -0.39 is 0 Å². The van der Waals surface area contributed by atoms with Gasteiger partial charge in [0.1, 0.15) is 0 Å². The van der Waals surface area contributed by atoms with E-state index in [9.17, 15) is 0 Å². The lowest BCUT2D eigenvalue weighted by atomic mass is 9.99. The molecular formula is C14H19N5. The highest BCUT2D eigenvalue weighted by Gasteiger charge is 2.13. The summed E-state index contributed by atoms with van der Waals surface area (Å²) in [5.74, 6) is 1.58. The van der Waals surface area contributed by atoms with Gasteiger partial charge in [0.25, 0.3) is 0 Å². The summed E-state index contributed by atoms with van der Waals surface area (Å²) in [5.41, 5.74) is 8.82. The van der Waals surface area contributed by atoms with E-state index in [2.05, 4.69) is 26.9 Å². The minimum Gasteiger partial charge on any atom is -0.330 e. The Balaban J connectivity index is 2.37. The zero-order chi connectivity index (χ0) is 13.8. The Kier molecular flexibility index (Phi) is 4.16. The van der Waals surface area contributed by atoms with E-state index in [1.807, 2.05) is 13.8 Å². The molecule has 2 aromatic heterocycles. The molecule has 1 atom stereocenters. The maximum absolute atomic E-state index is 5.68. The second kappa shape index (κ2) is 5.84. The molecule has 100 valence electrons. The quantitative estimate of drug-likeness (QED) is 0.901. The largest absolute Gasteiger partial charge is 0.330 e. The maximum Gasteiger partial charge on any atom is 0.198 e. The first-order valence-electron chi connectivity index (χ1n) is 6.43. The Morgan fingerprint density at radius 1 is 1.05 bits per heavy atom. The third-order valence-electron chi connectivity index (χ3n) is 3.14. The molecule has 2 aromatic rings. The molecule has 0 radical (unpaired) electrons. The van der Waals surface area contributed by atoms with E-state index in [4.69, 9.17) is 5.73 Å². The number of nitrogens with zero attached hydrogens (tertiary/aromatic N) is 4. The molecule has 0 saturated carbocycles. The van der Waals surface area contributed by atoms with E-state index in [0.717, 1.165) is 17.8 Å². The zero-order valence-electron chi connectivity index (χ0n) is 11.6. The van der Waals surface area contributed by atoms with Crippen molar-refractivity contribution in [1.29, 1.82) is 0 Å². The van der Waals surface area contributed by atoms with E-state index in [1.54, 1.807) is 18.5 Å². The molecule has 1 unspecified atom stereocenters. The fourth-order valence-corrected chi connectivity index (χ4v) is 1.98. The van der Waals surface area contributed by atoms with E-state index >= 15 is 0 Å². The fourth-order valence-electron chi connectivity index (χ4n) is 1.98. The average molecular weight is 257 g/mol. The van der Waals surface area contributed by atoms with Gasteiger partial charge in [0.05, 0.1) is 0 Å². The molecule has 0 fully saturated rings. The van der Waals surface area contributed by atoms with Crippen molar-refractivity contribution in [2.45, 2.75) is 27.2 Å². The maximum atomic E-state index is 5.68. The summed E-state index contributed by atoms with van der Waals surface area (Å²) in [6.45, 7) is 6.80. The van der Waals surface area contributed by atoms with E-state index in [1.165, 1.54) is 5.56 Å². The number of rotatable bonds is 4. The van der Waals surface area contributed by atoms with Crippen LogP contribution >= 0.6 is 0 Å². The van der Waals surface area contributed by atoms with Crippen LogP contribution in [0.2, 0.25) is 0 Å². The van der Waals surface area contributed by atoms with Gasteiger partial charge >= 0.3 is 0 Å². The second-order valence-electron chi connectivity index (χ2n) is 4.81. The van der Waals surface area contributed by atoms with Crippen molar-refractivity contribution in [3.63, 3.8) is 0 Å². The van der Waals surface area contributed by atoms with Gasteiger partial charge in [-0.05, 0) is 44.4 Å². The summed E-state index contributed by atoms with van der Waals surface area (Å²) in [6, 6.07) is 1.78. The van der Waals surface area contributed by atoms with Gasteiger partial charge in [0.15, 0.2) is 11.6 Å². The van der Waals surface area contributed by atoms with Crippen LogP contribution in [0.3, 0.4) is 0 Å². The molecule has 0 aliphatic rings. The van der Waals surface area contributed by atoms with Gasteiger partial charge in [-0.2, -0.15) is 0 Å². The summed E-state index contributed by atoms with van der Waals surface area (Å²) in [6.07, 6.45) is 4.30. The van der Waals surface area contributed by atoms with Crippen LogP contribution in [0.1, 0.15) is 23.9 Å². The predicted molar refractivity (Wildman–Crippen MR) is 74.5 cm³/mol. The van der Waals surface area contributed by atoms with Crippen molar-refractivity contribution in [2.24, 2.45) is 11.7 Å². The third kappa shape index (κ3) is 3.12. The first kappa shape index (κ1) is 13.5. The van der Waals surface area contributed by atoms with E-state index in [-0.39, 0.29) is 0 Å². The zero-order valence-corrected chi connectivity index (χ0v) is 11.6. The number of hydrogen-bond acceptors (Lipinski definition) is 5. The number of aryl methyl sites for hydroxylation is 2. The summed E-state index contributed by atoms with van der Waals surface area (Å²) in [5, 5.41) is 0. The minimum absolute atomic E-state index is 0.430.